The van der Waals surface area contributed by atoms with Gasteiger partial charge in [0.2, 0.25) is 0 Å². The highest BCUT2D eigenvalue weighted by atomic mass is 15.4. The maximum Gasteiger partial charge on any atom is 0.113 e. The molecule has 0 saturated carbocycles. The van der Waals surface area contributed by atoms with Crippen LogP contribution in [0.3, 0.4) is 0 Å². The van der Waals surface area contributed by atoms with Crippen molar-refractivity contribution in [2.75, 3.05) is 0 Å². The second-order valence-corrected chi connectivity index (χ2v) is 4.22. The Morgan fingerprint density at radius 1 is 1.26 bits per heavy atom. The molecule has 0 spiro atoms. The van der Waals surface area contributed by atoms with Crippen molar-refractivity contribution in [1.29, 1.82) is 0 Å². The van der Waals surface area contributed by atoms with E-state index in [9.17, 15) is 0 Å². The molecule has 0 saturated heterocycles. The summed E-state index contributed by atoms with van der Waals surface area (Å²) < 4.78 is 1.76. The molecule has 0 N–H and O–H groups in total. The van der Waals surface area contributed by atoms with E-state index in [2.05, 4.69) is 48.1 Å². The van der Waals surface area contributed by atoms with E-state index in [1.165, 1.54) is 5.56 Å². The molecule has 1 heterocycles. The quantitative estimate of drug-likeness (QED) is 0.772. The first-order chi connectivity index (χ1) is 9.24. The van der Waals surface area contributed by atoms with Gasteiger partial charge in [0.25, 0.3) is 0 Å². The minimum absolute atomic E-state index is 0.867. The monoisotopic (exact) mass is 251 g/mol. The van der Waals surface area contributed by atoms with Gasteiger partial charge < -0.3 is 0 Å². The molecule has 2 aromatic rings. The molecular weight excluding hydrogens is 234 g/mol. The molecule has 96 valence electrons. The van der Waals surface area contributed by atoms with Crippen LogP contribution in [-0.2, 0) is 0 Å². The number of aryl methyl sites for hydroxylation is 1. The van der Waals surface area contributed by atoms with E-state index in [1.54, 1.807) is 10.8 Å². The lowest BCUT2D eigenvalue weighted by molar-refractivity contribution is 0.824. The summed E-state index contributed by atoms with van der Waals surface area (Å²) in [6, 6.07) is 8.25. The largest absolute Gasteiger partial charge is 0.220 e. The van der Waals surface area contributed by atoms with Crippen molar-refractivity contribution in [2.24, 2.45) is 0 Å². The lowest BCUT2D eigenvalue weighted by atomic mass is 10.1. The van der Waals surface area contributed by atoms with Crippen molar-refractivity contribution in [3.63, 3.8) is 0 Å². The van der Waals surface area contributed by atoms with Gasteiger partial charge in [0, 0.05) is 5.56 Å². The number of aromatic nitrogens is 3. The lowest BCUT2D eigenvalue weighted by Crippen LogP contribution is -1.94. The Bertz CT molecular complexity index is 616. The average molecular weight is 251 g/mol. The Kier molecular flexibility index (Phi) is 4.08. The molecule has 0 amide bonds. The van der Waals surface area contributed by atoms with E-state index >= 15 is 0 Å². The molecule has 0 fully saturated rings. The SMILES string of the molecule is C=CC=CC(=CC)n1cc(-c2ccc(C)cc2)nn1. The van der Waals surface area contributed by atoms with E-state index in [4.69, 9.17) is 0 Å². The van der Waals surface area contributed by atoms with Gasteiger partial charge in [-0.05, 0) is 19.9 Å². The van der Waals surface area contributed by atoms with E-state index in [0.717, 1.165) is 17.0 Å². The number of hydrogen-bond acceptors (Lipinski definition) is 2. The van der Waals surface area contributed by atoms with Crippen molar-refractivity contribution in [1.82, 2.24) is 15.0 Å². The van der Waals surface area contributed by atoms with Crippen LogP contribution in [0.1, 0.15) is 12.5 Å². The van der Waals surface area contributed by atoms with E-state index in [0.29, 0.717) is 0 Å². The fraction of sp³-hybridized carbons (Fsp3) is 0.125. The van der Waals surface area contributed by atoms with Gasteiger partial charge in [-0.15, -0.1) is 5.10 Å². The standard InChI is InChI=1S/C16H17N3/c1-4-6-7-15(5-2)19-12-16(17-18-19)14-10-8-13(3)9-11-14/h4-12H,1H2,2-3H3. The second kappa shape index (κ2) is 5.96. The topological polar surface area (TPSA) is 30.7 Å². The third-order valence-electron chi connectivity index (χ3n) is 2.80. The molecule has 3 heteroatoms. The summed E-state index contributed by atoms with van der Waals surface area (Å²) in [6.07, 6.45) is 9.46. The van der Waals surface area contributed by atoms with E-state index in [1.807, 2.05) is 31.3 Å². The van der Waals surface area contributed by atoms with Crippen LogP contribution in [-0.4, -0.2) is 15.0 Å². The summed E-state index contributed by atoms with van der Waals surface area (Å²) >= 11 is 0. The van der Waals surface area contributed by atoms with Crippen molar-refractivity contribution in [3.8, 4) is 11.3 Å². The lowest BCUT2D eigenvalue weighted by Gasteiger charge is -1.99. The van der Waals surface area contributed by atoms with E-state index < -0.39 is 0 Å². The van der Waals surface area contributed by atoms with Crippen LogP contribution in [0.15, 0.2) is 61.3 Å². The predicted molar refractivity (Wildman–Crippen MR) is 79.5 cm³/mol. The fourth-order valence-corrected chi connectivity index (χ4v) is 1.72. The number of hydrogen-bond donors (Lipinski definition) is 0. The van der Waals surface area contributed by atoms with Gasteiger partial charge in [-0.3, -0.25) is 0 Å². The number of benzene rings is 1. The molecule has 0 radical (unpaired) electrons. The number of nitrogens with zero attached hydrogens (tertiary/aromatic N) is 3. The predicted octanol–water partition coefficient (Wildman–Crippen LogP) is 3.86. The highest BCUT2D eigenvalue weighted by Crippen LogP contribution is 2.18. The zero-order valence-electron chi connectivity index (χ0n) is 11.2. The Hall–Kier alpha value is -2.42. The van der Waals surface area contributed by atoms with Crippen molar-refractivity contribution >= 4 is 5.70 Å². The molecular formula is C16H17N3. The van der Waals surface area contributed by atoms with Crippen LogP contribution in [0.2, 0.25) is 0 Å². The Morgan fingerprint density at radius 3 is 2.63 bits per heavy atom. The summed E-state index contributed by atoms with van der Waals surface area (Å²) in [5.41, 5.74) is 4.14. The molecule has 3 nitrogen and oxygen atoms in total. The van der Waals surface area contributed by atoms with Gasteiger partial charge >= 0.3 is 0 Å². The number of allylic oxidation sites excluding steroid dienone is 5. The molecule has 0 aliphatic rings. The Labute approximate surface area is 113 Å². The minimum Gasteiger partial charge on any atom is -0.220 e. The number of rotatable bonds is 4. The zero-order chi connectivity index (χ0) is 13.7. The van der Waals surface area contributed by atoms with Crippen molar-refractivity contribution < 1.29 is 0 Å². The second-order valence-electron chi connectivity index (χ2n) is 4.22. The Morgan fingerprint density at radius 2 is 2.00 bits per heavy atom. The van der Waals surface area contributed by atoms with Crippen LogP contribution in [0.4, 0.5) is 0 Å². The molecule has 0 aliphatic carbocycles. The van der Waals surface area contributed by atoms with E-state index in [-0.39, 0.29) is 0 Å². The maximum atomic E-state index is 4.21. The third-order valence-corrected chi connectivity index (χ3v) is 2.80. The van der Waals surface area contributed by atoms with Gasteiger partial charge in [0.05, 0.1) is 11.9 Å². The molecule has 0 atom stereocenters. The fourth-order valence-electron chi connectivity index (χ4n) is 1.72. The molecule has 0 unspecified atom stereocenters. The first-order valence-electron chi connectivity index (χ1n) is 6.20. The van der Waals surface area contributed by atoms with Crippen molar-refractivity contribution in [3.05, 3.63) is 66.9 Å². The molecule has 2 rings (SSSR count). The minimum atomic E-state index is 0.867. The normalized spacial score (nSPS) is 12.0. The Balaban J connectivity index is 2.30. The average Bonchev–Trinajstić information content (AvgIpc) is 2.90. The summed E-state index contributed by atoms with van der Waals surface area (Å²) in [5.74, 6) is 0. The molecule has 19 heavy (non-hydrogen) atoms. The zero-order valence-corrected chi connectivity index (χ0v) is 11.2. The molecule has 1 aromatic carbocycles. The maximum absolute atomic E-state index is 4.21. The van der Waals surface area contributed by atoms with Gasteiger partial charge in [0.1, 0.15) is 5.69 Å². The highest BCUT2D eigenvalue weighted by Gasteiger charge is 2.04. The van der Waals surface area contributed by atoms with Crippen molar-refractivity contribution in [2.45, 2.75) is 13.8 Å². The van der Waals surface area contributed by atoms with Gasteiger partial charge in [-0.2, -0.15) is 0 Å². The molecule has 0 aliphatic heterocycles. The summed E-state index contributed by atoms with van der Waals surface area (Å²) in [7, 11) is 0. The smallest absolute Gasteiger partial charge is 0.113 e. The summed E-state index contributed by atoms with van der Waals surface area (Å²) in [6.45, 7) is 7.70. The summed E-state index contributed by atoms with van der Waals surface area (Å²) in [5, 5.41) is 8.36. The first kappa shape index (κ1) is 13.0. The van der Waals surface area contributed by atoms with Crippen LogP contribution < -0.4 is 0 Å². The molecule has 0 bridgehead atoms. The molecule has 1 aromatic heterocycles. The van der Waals surface area contributed by atoms with Crippen LogP contribution in [0.25, 0.3) is 17.0 Å². The van der Waals surface area contributed by atoms with Crippen LogP contribution in [0, 0.1) is 6.92 Å². The van der Waals surface area contributed by atoms with Crippen LogP contribution in [0.5, 0.6) is 0 Å². The first-order valence-corrected chi connectivity index (χ1v) is 6.20. The van der Waals surface area contributed by atoms with Gasteiger partial charge in [-0.1, -0.05) is 59.8 Å². The van der Waals surface area contributed by atoms with Gasteiger partial charge in [0.15, 0.2) is 0 Å². The van der Waals surface area contributed by atoms with Crippen LogP contribution >= 0.6 is 0 Å². The third kappa shape index (κ3) is 3.07. The highest BCUT2D eigenvalue weighted by molar-refractivity contribution is 5.62. The van der Waals surface area contributed by atoms with Gasteiger partial charge in [-0.25, -0.2) is 4.68 Å². The summed E-state index contributed by atoms with van der Waals surface area (Å²) in [4.78, 5) is 0.